The lowest BCUT2D eigenvalue weighted by Gasteiger charge is -2.08. The van der Waals surface area contributed by atoms with E-state index >= 15 is 0 Å². The molecule has 0 saturated carbocycles. The number of halogens is 1. The first-order valence-electron chi connectivity index (χ1n) is 6.08. The van der Waals surface area contributed by atoms with Crippen molar-refractivity contribution >= 4 is 0 Å². The molecule has 0 atom stereocenters. The van der Waals surface area contributed by atoms with Crippen LogP contribution < -0.4 is 4.74 Å². The second-order valence-electron chi connectivity index (χ2n) is 4.05. The molecule has 0 unspecified atom stereocenters. The monoisotopic (exact) mass is 254 g/mol. The Kier molecular flexibility index (Phi) is 4.51. The molecule has 19 heavy (non-hydrogen) atoms. The molecule has 0 aliphatic carbocycles. The molecular formula is C17H15FO. The second kappa shape index (κ2) is 6.55. The summed E-state index contributed by atoms with van der Waals surface area (Å²) < 4.78 is 19.2. The van der Waals surface area contributed by atoms with E-state index in [9.17, 15) is 4.39 Å². The van der Waals surface area contributed by atoms with Gasteiger partial charge in [0.2, 0.25) is 0 Å². The van der Waals surface area contributed by atoms with Crippen molar-refractivity contribution < 1.29 is 9.13 Å². The minimum Gasteiger partial charge on any atom is -0.454 e. The lowest BCUT2D eigenvalue weighted by molar-refractivity contribution is 0.441. The minimum absolute atomic E-state index is 0.246. The standard InChI is InChI=1S/C17H15FO/c1-2-3-5-8-14-11-12-16(18)17(13-14)19-15-9-6-4-7-10-15/h2-7,9-13H,1,8H2. The van der Waals surface area contributed by atoms with Crippen molar-refractivity contribution in [2.45, 2.75) is 6.42 Å². The molecular weight excluding hydrogens is 239 g/mol. The van der Waals surface area contributed by atoms with Crippen LogP contribution in [0.25, 0.3) is 0 Å². The van der Waals surface area contributed by atoms with Crippen LogP contribution in [0.1, 0.15) is 5.56 Å². The highest BCUT2D eigenvalue weighted by Gasteiger charge is 2.05. The Balaban J connectivity index is 2.17. The predicted octanol–water partition coefficient (Wildman–Crippen LogP) is 4.90. The van der Waals surface area contributed by atoms with E-state index in [1.165, 1.54) is 6.07 Å². The Morgan fingerprint density at radius 2 is 1.89 bits per heavy atom. The molecule has 2 heteroatoms. The molecule has 0 amide bonds. The van der Waals surface area contributed by atoms with Crippen LogP contribution in [0.2, 0.25) is 0 Å². The topological polar surface area (TPSA) is 9.23 Å². The van der Waals surface area contributed by atoms with Gasteiger partial charge in [-0.05, 0) is 36.2 Å². The van der Waals surface area contributed by atoms with Crippen molar-refractivity contribution in [3.8, 4) is 11.5 Å². The van der Waals surface area contributed by atoms with Crippen LogP contribution >= 0.6 is 0 Å². The first-order valence-corrected chi connectivity index (χ1v) is 6.08. The summed E-state index contributed by atoms with van der Waals surface area (Å²) in [5.74, 6) is 0.510. The van der Waals surface area contributed by atoms with Gasteiger partial charge in [-0.15, -0.1) is 0 Å². The van der Waals surface area contributed by atoms with Gasteiger partial charge in [-0.3, -0.25) is 0 Å². The highest BCUT2D eigenvalue weighted by Crippen LogP contribution is 2.25. The quantitative estimate of drug-likeness (QED) is 0.689. The SMILES string of the molecule is C=CC=CCc1ccc(F)c(Oc2ccccc2)c1. The molecule has 0 aromatic heterocycles. The molecule has 2 aromatic rings. The van der Waals surface area contributed by atoms with Gasteiger partial charge in [0.15, 0.2) is 11.6 Å². The third-order valence-corrected chi connectivity index (χ3v) is 2.59. The molecule has 0 N–H and O–H groups in total. The van der Waals surface area contributed by atoms with Crippen LogP contribution in [0.15, 0.2) is 73.3 Å². The lowest BCUT2D eigenvalue weighted by atomic mass is 10.1. The maximum absolute atomic E-state index is 13.7. The highest BCUT2D eigenvalue weighted by molar-refractivity contribution is 5.35. The van der Waals surface area contributed by atoms with Crippen molar-refractivity contribution in [1.82, 2.24) is 0 Å². The largest absolute Gasteiger partial charge is 0.454 e. The maximum atomic E-state index is 13.7. The Bertz CT molecular complexity index is 573. The summed E-state index contributed by atoms with van der Waals surface area (Å²) in [6.07, 6.45) is 6.26. The fourth-order valence-corrected chi connectivity index (χ4v) is 1.67. The summed E-state index contributed by atoms with van der Waals surface area (Å²) in [5.41, 5.74) is 0.991. The number of rotatable bonds is 5. The molecule has 2 aromatic carbocycles. The summed E-state index contributed by atoms with van der Waals surface area (Å²) in [7, 11) is 0. The van der Waals surface area contributed by atoms with E-state index in [0.29, 0.717) is 5.75 Å². The zero-order chi connectivity index (χ0) is 13.5. The van der Waals surface area contributed by atoms with Gasteiger partial charge in [0.05, 0.1) is 0 Å². The zero-order valence-corrected chi connectivity index (χ0v) is 10.6. The van der Waals surface area contributed by atoms with E-state index in [0.717, 1.165) is 12.0 Å². The van der Waals surface area contributed by atoms with Gasteiger partial charge >= 0.3 is 0 Å². The summed E-state index contributed by atoms with van der Waals surface area (Å²) in [6, 6.07) is 14.1. The summed E-state index contributed by atoms with van der Waals surface area (Å²) in [5, 5.41) is 0. The Hall–Kier alpha value is -2.35. The second-order valence-corrected chi connectivity index (χ2v) is 4.05. The molecule has 0 fully saturated rings. The maximum Gasteiger partial charge on any atom is 0.165 e. The van der Waals surface area contributed by atoms with Crippen LogP contribution in [0.3, 0.4) is 0 Å². The lowest BCUT2D eigenvalue weighted by Crippen LogP contribution is -1.90. The van der Waals surface area contributed by atoms with E-state index in [2.05, 4.69) is 6.58 Å². The highest BCUT2D eigenvalue weighted by atomic mass is 19.1. The van der Waals surface area contributed by atoms with E-state index < -0.39 is 0 Å². The summed E-state index contributed by atoms with van der Waals surface area (Å²) >= 11 is 0. The first kappa shape index (κ1) is 13.1. The van der Waals surface area contributed by atoms with E-state index in [4.69, 9.17) is 4.74 Å². The number of ether oxygens (including phenoxy) is 1. The average molecular weight is 254 g/mol. The van der Waals surface area contributed by atoms with Crippen molar-refractivity contribution in [3.05, 3.63) is 84.7 Å². The minimum atomic E-state index is -0.361. The number of hydrogen-bond donors (Lipinski definition) is 0. The van der Waals surface area contributed by atoms with Crippen molar-refractivity contribution in [2.24, 2.45) is 0 Å². The summed E-state index contributed by atoms with van der Waals surface area (Å²) in [4.78, 5) is 0. The van der Waals surface area contributed by atoms with Crippen molar-refractivity contribution in [1.29, 1.82) is 0 Å². The first-order chi connectivity index (χ1) is 9.29. The average Bonchev–Trinajstić information content (AvgIpc) is 2.44. The Morgan fingerprint density at radius 1 is 1.11 bits per heavy atom. The van der Waals surface area contributed by atoms with Gasteiger partial charge in [0.25, 0.3) is 0 Å². The molecule has 0 radical (unpaired) electrons. The van der Waals surface area contributed by atoms with Gasteiger partial charge in [-0.25, -0.2) is 4.39 Å². The molecule has 1 nitrogen and oxygen atoms in total. The molecule has 0 aliphatic heterocycles. The van der Waals surface area contributed by atoms with Crippen molar-refractivity contribution in [2.75, 3.05) is 0 Å². The van der Waals surface area contributed by atoms with Gasteiger partial charge < -0.3 is 4.74 Å². The molecule has 0 aliphatic rings. The third kappa shape index (κ3) is 3.81. The molecule has 0 saturated heterocycles. The van der Waals surface area contributed by atoms with E-state index in [1.807, 2.05) is 30.4 Å². The van der Waals surface area contributed by atoms with Gasteiger partial charge in [-0.1, -0.05) is 49.1 Å². The van der Waals surface area contributed by atoms with Crippen LogP contribution in [0, 0.1) is 5.82 Å². The fourth-order valence-electron chi connectivity index (χ4n) is 1.67. The third-order valence-electron chi connectivity index (χ3n) is 2.59. The van der Waals surface area contributed by atoms with Crippen molar-refractivity contribution in [3.63, 3.8) is 0 Å². The molecule has 0 spiro atoms. The van der Waals surface area contributed by atoms with Gasteiger partial charge in [0, 0.05) is 0 Å². The number of hydrogen-bond acceptors (Lipinski definition) is 1. The normalized spacial score (nSPS) is 10.6. The van der Waals surface area contributed by atoms with E-state index in [1.54, 1.807) is 30.3 Å². The Labute approximate surface area is 112 Å². The van der Waals surface area contributed by atoms with Crippen LogP contribution in [-0.2, 0) is 6.42 Å². The molecule has 2 rings (SSSR count). The van der Waals surface area contributed by atoms with Crippen LogP contribution in [0.5, 0.6) is 11.5 Å². The number of benzene rings is 2. The van der Waals surface area contributed by atoms with Gasteiger partial charge in [-0.2, -0.15) is 0 Å². The summed E-state index contributed by atoms with van der Waals surface area (Å²) in [6.45, 7) is 3.61. The van der Waals surface area contributed by atoms with E-state index in [-0.39, 0.29) is 11.6 Å². The molecule has 0 heterocycles. The number of allylic oxidation sites excluding steroid dienone is 3. The molecule has 96 valence electrons. The smallest absolute Gasteiger partial charge is 0.165 e. The predicted molar refractivity (Wildman–Crippen MR) is 76.0 cm³/mol. The Morgan fingerprint density at radius 3 is 2.63 bits per heavy atom. The zero-order valence-electron chi connectivity index (χ0n) is 10.6. The number of para-hydroxylation sites is 1. The molecule has 0 bridgehead atoms. The fraction of sp³-hybridized carbons (Fsp3) is 0.0588. The van der Waals surface area contributed by atoms with Gasteiger partial charge in [0.1, 0.15) is 5.75 Å². The van der Waals surface area contributed by atoms with Crippen LogP contribution in [0.4, 0.5) is 4.39 Å². The van der Waals surface area contributed by atoms with Crippen LogP contribution in [-0.4, -0.2) is 0 Å².